The normalized spacial score (nSPS) is 28.5. The van der Waals surface area contributed by atoms with Gasteiger partial charge in [0.25, 0.3) is 5.91 Å². The molecule has 0 aromatic heterocycles. The molecule has 3 fully saturated rings. The maximum atomic E-state index is 12.7. The van der Waals surface area contributed by atoms with Crippen LogP contribution in [0.15, 0.2) is 30.0 Å². The summed E-state index contributed by atoms with van der Waals surface area (Å²) in [5.74, 6) is 0.0640. The monoisotopic (exact) mass is 446 g/mol. The van der Waals surface area contributed by atoms with Gasteiger partial charge in [0.05, 0.1) is 6.04 Å². The molecule has 8 heteroatoms. The predicted octanol–water partition coefficient (Wildman–Crippen LogP) is 1.73. The van der Waals surface area contributed by atoms with Crippen molar-refractivity contribution < 1.29 is 14.3 Å². The molecule has 0 bridgehead atoms. The van der Waals surface area contributed by atoms with E-state index in [-0.39, 0.29) is 29.9 Å². The van der Waals surface area contributed by atoms with Crippen molar-refractivity contribution in [1.29, 1.82) is 0 Å². The molecule has 2 amide bonds. The smallest absolute Gasteiger partial charge is 0.286 e. The van der Waals surface area contributed by atoms with Crippen molar-refractivity contribution in [3.63, 3.8) is 0 Å². The number of piperazine rings is 1. The Kier molecular flexibility index (Phi) is 7.15. The molecule has 2 N–H and O–H groups in total. The summed E-state index contributed by atoms with van der Waals surface area (Å²) in [6.45, 7) is 5.81. The Labute approximate surface area is 188 Å². The standard InChI is InChI=1S/C23H31ClN4O3/c1-27-9-11-28(12-10-27)8-7-25-22(29)17-5-6-20-19(15-17)26-23(30)21(31-20)14-16-3-2-4-18(24)13-16/h2-4,13-14,17,19-20H,5-12,15H2,1H3,(H,25,29)(H,26,30)/b21-14-. The minimum Gasteiger partial charge on any atom is -0.483 e. The second-order valence-corrected chi connectivity index (χ2v) is 9.18. The number of carbonyl (C=O) groups is 2. The number of fused-ring (bicyclic) bond motifs is 1. The first-order chi connectivity index (χ1) is 15.0. The van der Waals surface area contributed by atoms with Gasteiger partial charge in [-0.2, -0.15) is 0 Å². The molecule has 2 aliphatic heterocycles. The first kappa shape index (κ1) is 22.1. The van der Waals surface area contributed by atoms with Gasteiger partial charge in [0.1, 0.15) is 6.10 Å². The lowest BCUT2D eigenvalue weighted by Crippen LogP contribution is -2.55. The SMILES string of the molecule is CN1CCN(CCNC(=O)C2CCC3O/C(=C\c4cccc(Cl)c4)C(=O)NC3C2)CC1. The molecule has 0 radical (unpaired) electrons. The van der Waals surface area contributed by atoms with E-state index >= 15 is 0 Å². The van der Waals surface area contributed by atoms with E-state index in [1.807, 2.05) is 12.1 Å². The van der Waals surface area contributed by atoms with Crippen molar-refractivity contribution in [2.24, 2.45) is 5.92 Å². The minimum absolute atomic E-state index is 0.0853. The lowest BCUT2D eigenvalue weighted by Gasteiger charge is -2.39. The summed E-state index contributed by atoms with van der Waals surface area (Å²) in [5, 5.41) is 6.75. The van der Waals surface area contributed by atoms with Crippen LogP contribution in [-0.2, 0) is 14.3 Å². The highest BCUT2D eigenvalue weighted by Gasteiger charge is 2.40. The van der Waals surface area contributed by atoms with E-state index < -0.39 is 0 Å². The molecule has 168 valence electrons. The molecular formula is C23H31ClN4O3. The summed E-state index contributed by atoms with van der Waals surface area (Å²) in [6, 6.07) is 7.17. The second kappa shape index (κ2) is 10.0. The Balaban J connectivity index is 1.26. The number of rotatable bonds is 5. The topological polar surface area (TPSA) is 73.9 Å². The molecule has 1 aromatic rings. The first-order valence-corrected chi connectivity index (χ1v) is 11.5. The van der Waals surface area contributed by atoms with Crippen LogP contribution in [0.2, 0.25) is 5.02 Å². The number of halogens is 1. The molecular weight excluding hydrogens is 416 g/mol. The number of hydrogen-bond acceptors (Lipinski definition) is 5. The largest absolute Gasteiger partial charge is 0.483 e. The van der Waals surface area contributed by atoms with Crippen LogP contribution in [-0.4, -0.2) is 80.1 Å². The van der Waals surface area contributed by atoms with Crippen LogP contribution in [0, 0.1) is 5.92 Å². The van der Waals surface area contributed by atoms with Gasteiger partial charge in [-0.05, 0) is 50.1 Å². The van der Waals surface area contributed by atoms with Crippen molar-refractivity contribution >= 4 is 29.5 Å². The number of hydrogen-bond donors (Lipinski definition) is 2. The highest BCUT2D eigenvalue weighted by molar-refractivity contribution is 6.30. The van der Waals surface area contributed by atoms with Gasteiger partial charge in [-0.15, -0.1) is 0 Å². The van der Waals surface area contributed by atoms with Gasteiger partial charge in [0.15, 0.2) is 5.76 Å². The second-order valence-electron chi connectivity index (χ2n) is 8.75. The summed E-state index contributed by atoms with van der Waals surface area (Å²) in [5.41, 5.74) is 0.824. The average molecular weight is 447 g/mol. The van der Waals surface area contributed by atoms with Crippen molar-refractivity contribution in [1.82, 2.24) is 20.4 Å². The summed E-state index contributed by atoms with van der Waals surface area (Å²) >= 11 is 6.03. The van der Waals surface area contributed by atoms with Crippen molar-refractivity contribution in [3.8, 4) is 0 Å². The van der Waals surface area contributed by atoms with Crippen LogP contribution in [0.5, 0.6) is 0 Å². The van der Waals surface area contributed by atoms with Gasteiger partial charge in [-0.25, -0.2) is 0 Å². The Bertz CT molecular complexity index is 838. The van der Waals surface area contributed by atoms with Gasteiger partial charge in [-0.3, -0.25) is 14.5 Å². The fourth-order valence-electron chi connectivity index (χ4n) is 4.53. The van der Waals surface area contributed by atoms with Crippen LogP contribution in [0.4, 0.5) is 0 Å². The number of morpholine rings is 1. The molecule has 2 heterocycles. The zero-order valence-electron chi connectivity index (χ0n) is 18.0. The quantitative estimate of drug-likeness (QED) is 0.674. The molecule has 1 aromatic carbocycles. The van der Waals surface area contributed by atoms with Crippen LogP contribution >= 0.6 is 11.6 Å². The minimum atomic E-state index is -0.239. The van der Waals surface area contributed by atoms with Crippen molar-refractivity contribution in [2.75, 3.05) is 46.3 Å². The number of likely N-dealkylation sites (N-methyl/N-ethyl adjacent to an activating group) is 1. The fraction of sp³-hybridized carbons (Fsp3) is 0.565. The molecule has 2 saturated heterocycles. The van der Waals surface area contributed by atoms with Gasteiger partial charge in [0.2, 0.25) is 5.91 Å². The summed E-state index contributed by atoms with van der Waals surface area (Å²) in [7, 11) is 2.14. The zero-order valence-corrected chi connectivity index (χ0v) is 18.7. The molecule has 3 aliphatic rings. The molecule has 1 aliphatic carbocycles. The van der Waals surface area contributed by atoms with E-state index in [1.54, 1.807) is 18.2 Å². The zero-order chi connectivity index (χ0) is 21.8. The Hall–Kier alpha value is -2.09. The van der Waals surface area contributed by atoms with Gasteiger partial charge in [0, 0.05) is 50.2 Å². The maximum Gasteiger partial charge on any atom is 0.286 e. The van der Waals surface area contributed by atoms with Crippen LogP contribution < -0.4 is 10.6 Å². The van der Waals surface area contributed by atoms with Gasteiger partial charge >= 0.3 is 0 Å². The third kappa shape index (κ3) is 5.79. The molecule has 0 spiro atoms. The predicted molar refractivity (Wildman–Crippen MR) is 121 cm³/mol. The van der Waals surface area contributed by atoms with Crippen LogP contribution in [0.3, 0.4) is 0 Å². The molecule has 3 atom stereocenters. The van der Waals surface area contributed by atoms with E-state index in [0.29, 0.717) is 23.7 Å². The Morgan fingerprint density at radius 1 is 1.29 bits per heavy atom. The molecule has 3 unspecified atom stereocenters. The van der Waals surface area contributed by atoms with E-state index in [9.17, 15) is 9.59 Å². The number of nitrogens with one attached hydrogen (secondary N) is 2. The van der Waals surface area contributed by atoms with Crippen LogP contribution in [0.25, 0.3) is 6.08 Å². The highest BCUT2D eigenvalue weighted by Crippen LogP contribution is 2.31. The number of benzene rings is 1. The number of carbonyl (C=O) groups excluding carboxylic acids is 2. The van der Waals surface area contributed by atoms with Gasteiger partial charge in [-0.1, -0.05) is 23.7 Å². The Morgan fingerprint density at radius 3 is 2.87 bits per heavy atom. The van der Waals surface area contributed by atoms with Crippen LogP contribution in [0.1, 0.15) is 24.8 Å². The first-order valence-electron chi connectivity index (χ1n) is 11.1. The van der Waals surface area contributed by atoms with Gasteiger partial charge < -0.3 is 20.3 Å². The van der Waals surface area contributed by atoms with E-state index in [0.717, 1.165) is 51.1 Å². The van der Waals surface area contributed by atoms with Crippen molar-refractivity contribution in [2.45, 2.75) is 31.4 Å². The third-order valence-corrected chi connectivity index (χ3v) is 6.68. The number of amides is 2. The third-order valence-electron chi connectivity index (χ3n) is 6.45. The molecule has 4 rings (SSSR count). The average Bonchev–Trinajstić information content (AvgIpc) is 2.75. The molecule has 1 saturated carbocycles. The van der Waals surface area contributed by atoms with Crippen molar-refractivity contribution in [3.05, 3.63) is 40.6 Å². The summed E-state index contributed by atoms with van der Waals surface area (Å²) in [4.78, 5) is 29.9. The summed E-state index contributed by atoms with van der Waals surface area (Å²) < 4.78 is 6.01. The maximum absolute atomic E-state index is 12.7. The molecule has 31 heavy (non-hydrogen) atoms. The van der Waals surface area contributed by atoms with E-state index in [1.165, 1.54) is 0 Å². The highest BCUT2D eigenvalue weighted by atomic mass is 35.5. The van der Waals surface area contributed by atoms with E-state index in [4.69, 9.17) is 16.3 Å². The lowest BCUT2D eigenvalue weighted by molar-refractivity contribution is -0.134. The molecule has 7 nitrogen and oxygen atoms in total. The lowest BCUT2D eigenvalue weighted by atomic mass is 9.82. The van der Waals surface area contributed by atoms with E-state index in [2.05, 4.69) is 27.5 Å². The fourth-order valence-corrected chi connectivity index (χ4v) is 4.73. The number of ether oxygens (including phenoxy) is 1. The Morgan fingerprint density at radius 2 is 2.10 bits per heavy atom. The number of nitrogens with zero attached hydrogens (tertiary/aromatic N) is 2. The summed E-state index contributed by atoms with van der Waals surface area (Å²) in [6.07, 6.45) is 3.74.